The molecule has 108 valence electrons. The van der Waals surface area contributed by atoms with E-state index < -0.39 is 0 Å². The van der Waals surface area contributed by atoms with E-state index in [1.165, 1.54) is 0 Å². The van der Waals surface area contributed by atoms with Crippen LogP contribution in [0.4, 0.5) is 0 Å². The van der Waals surface area contributed by atoms with Crippen LogP contribution in [0.1, 0.15) is 42.9 Å². The summed E-state index contributed by atoms with van der Waals surface area (Å²) in [6.07, 6.45) is 3.59. The minimum atomic E-state index is 0.0216. The van der Waals surface area contributed by atoms with E-state index in [9.17, 15) is 4.79 Å². The van der Waals surface area contributed by atoms with Gasteiger partial charge < -0.3 is 15.4 Å². The van der Waals surface area contributed by atoms with Crippen LogP contribution in [0.5, 0.6) is 5.75 Å². The lowest BCUT2D eigenvalue weighted by Gasteiger charge is -2.40. The van der Waals surface area contributed by atoms with E-state index in [0.29, 0.717) is 12.5 Å². The van der Waals surface area contributed by atoms with Crippen LogP contribution >= 0.6 is 0 Å². The molecule has 2 fully saturated rings. The summed E-state index contributed by atoms with van der Waals surface area (Å²) in [5.74, 6) is 1.13. The predicted octanol–water partition coefficient (Wildman–Crippen LogP) is 2.16. The van der Waals surface area contributed by atoms with E-state index in [4.69, 9.17) is 10.5 Å². The first-order valence-corrected chi connectivity index (χ1v) is 7.33. The van der Waals surface area contributed by atoms with Crippen LogP contribution in [0.25, 0.3) is 0 Å². The van der Waals surface area contributed by atoms with Crippen LogP contribution in [0.15, 0.2) is 18.2 Å². The Morgan fingerprint density at radius 1 is 1.30 bits per heavy atom. The van der Waals surface area contributed by atoms with Crippen molar-refractivity contribution in [2.75, 3.05) is 7.11 Å². The number of hydrogen-bond acceptors (Lipinski definition) is 3. The minimum absolute atomic E-state index is 0.0216. The summed E-state index contributed by atoms with van der Waals surface area (Å²) < 4.78 is 5.31. The van der Waals surface area contributed by atoms with Crippen molar-refractivity contribution in [3.05, 3.63) is 29.3 Å². The van der Waals surface area contributed by atoms with Gasteiger partial charge in [-0.3, -0.25) is 4.79 Å². The van der Waals surface area contributed by atoms with Crippen molar-refractivity contribution in [1.29, 1.82) is 0 Å². The van der Waals surface area contributed by atoms with Gasteiger partial charge in [-0.05, 0) is 43.4 Å². The lowest BCUT2D eigenvalue weighted by molar-refractivity contribution is -0.138. The average molecular weight is 274 g/mol. The fourth-order valence-corrected chi connectivity index (χ4v) is 3.22. The normalized spacial score (nSPS) is 26.8. The number of hydrogen-bond donors (Lipinski definition) is 1. The SMILES string of the molecule is COc1ccc(C2C(N)CCC(=O)N2C2CC2)cc1C. The molecule has 2 unspecified atom stereocenters. The highest BCUT2D eigenvalue weighted by atomic mass is 16.5. The highest BCUT2D eigenvalue weighted by Crippen LogP contribution is 2.40. The lowest BCUT2D eigenvalue weighted by atomic mass is 9.89. The molecule has 0 aromatic heterocycles. The summed E-state index contributed by atoms with van der Waals surface area (Å²) in [6.45, 7) is 2.03. The Bertz CT molecular complexity index is 525. The largest absolute Gasteiger partial charge is 0.496 e. The summed E-state index contributed by atoms with van der Waals surface area (Å²) in [5.41, 5.74) is 8.55. The van der Waals surface area contributed by atoms with Gasteiger partial charge in [0.2, 0.25) is 5.91 Å². The molecule has 0 spiro atoms. The molecule has 1 aromatic rings. The fraction of sp³-hybridized carbons (Fsp3) is 0.562. The number of carbonyl (C=O) groups is 1. The van der Waals surface area contributed by atoms with Gasteiger partial charge in [0, 0.05) is 18.5 Å². The number of methoxy groups -OCH3 is 1. The zero-order chi connectivity index (χ0) is 14.3. The number of ether oxygens (including phenoxy) is 1. The number of amides is 1. The van der Waals surface area contributed by atoms with Crippen LogP contribution in [-0.4, -0.2) is 30.0 Å². The molecule has 3 rings (SSSR count). The summed E-state index contributed by atoms with van der Waals surface area (Å²) >= 11 is 0. The number of carbonyl (C=O) groups excluding carboxylic acids is 1. The molecule has 1 saturated heterocycles. The Morgan fingerprint density at radius 3 is 2.65 bits per heavy atom. The van der Waals surface area contributed by atoms with Crippen LogP contribution in [-0.2, 0) is 4.79 Å². The molecule has 0 bridgehead atoms. The van der Waals surface area contributed by atoms with Crippen molar-refractivity contribution in [3.8, 4) is 5.75 Å². The zero-order valence-electron chi connectivity index (χ0n) is 12.1. The third kappa shape index (κ3) is 2.29. The van der Waals surface area contributed by atoms with Gasteiger partial charge in [-0.25, -0.2) is 0 Å². The summed E-state index contributed by atoms with van der Waals surface area (Å²) in [5, 5.41) is 0. The second kappa shape index (κ2) is 5.09. The molecule has 0 radical (unpaired) electrons. The molecule has 1 heterocycles. The molecule has 20 heavy (non-hydrogen) atoms. The van der Waals surface area contributed by atoms with Crippen molar-refractivity contribution < 1.29 is 9.53 Å². The van der Waals surface area contributed by atoms with Gasteiger partial charge in [-0.15, -0.1) is 0 Å². The third-order valence-electron chi connectivity index (χ3n) is 4.39. The number of likely N-dealkylation sites (tertiary alicyclic amines) is 1. The van der Waals surface area contributed by atoms with E-state index in [0.717, 1.165) is 36.1 Å². The molecule has 2 N–H and O–H groups in total. The maximum Gasteiger partial charge on any atom is 0.223 e. The molecule has 2 aliphatic rings. The fourth-order valence-electron chi connectivity index (χ4n) is 3.22. The number of nitrogens with zero attached hydrogens (tertiary/aromatic N) is 1. The standard InChI is InChI=1S/C16H22N2O2/c1-10-9-11(3-7-14(10)20-2)16-13(17)6-8-15(19)18(16)12-4-5-12/h3,7,9,12-13,16H,4-6,8,17H2,1-2H3. The predicted molar refractivity (Wildman–Crippen MR) is 77.5 cm³/mol. The second-order valence-electron chi connectivity index (χ2n) is 5.91. The molecule has 1 aliphatic carbocycles. The first kappa shape index (κ1) is 13.4. The smallest absolute Gasteiger partial charge is 0.223 e. The quantitative estimate of drug-likeness (QED) is 0.919. The lowest BCUT2D eigenvalue weighted by Crippen LogP contribution is -2.49. The molecule has 1 aromatic carbocycles. The Kier molecular flexibility index (Phi) is 3.42. The molecule has 2 atom stereocenters. The van der Waals surface area contributed by atoms with Crippen molar-refractivity contribution >= 4 is 5.91 Å². The van der Waals surface area contributed by atoms with Gasteiger partial charge in [0.15, 0.2) is 0 Å². The van der Waals surface area contributed by atoms with Crippen molar-refractivity contribution in [3.63, 3.8) is 0 Å². The topological polar surface area (TPSA) is 55.6 Å². The van der Waals surface area contributed by atoms with Crippen molar-refractivity contribution in [2.45, 2.75) is 50.7 Å². The van der Waals surface area contributed by atoms with E-state index >= 15 is 0 Å². The number of nitrogens with two attached hydrogens (primary N) is 1. The first-order valence-electron chi connectivity index (χ1n) is 7.33. The molecule has 4 nitrogen and oxygen atoms in total. The van der Waals surface area contributed by atoms with Crippen LogP contribution in [0, 0.1) is 6.92 Å². The monoisotopic (exact) mass is 274 g/mol. The van der Waals surface area contributed by atoms with Crippen LogP contribution in [0.2, 0.25) is 0 Å². The van der Waals surface area contributed by atoms with Gasteiger partial charge in [0.1, 0.15) is 5.75 Å². The van der Waals surface area contributed by atoms with E-state index in [1.54, 1.807) is 7.11 Å². The number of benzene rings is 1. The second-order valence-corrected chi connectivity index (χ2v) is 5.91. The molecular formula is C16H22N2O2. The molecule has 1 amide bonds. The zero-order valence-corrected chi connectivity index (χ0v) is 12.1. The highest BCUT2D eigenvalue weighted by molar-refractivity contribution is 5.78. The Labute approximate surface area is 119 Å². The number of piperidine rings is 1. The van der Waals surface area contributed by atoms with Gasteiger partial charge in [0.25, 0.3) is 0 Å². The number of rotatable bonds is 3. The minimum Gasteiger partial charge on any atom is -0.496 e. The summed E-state index contributed by atoms with van der Waals surface area (Å²) in [4.78, 5) is 14.3. The van der Waals surface area contributed by atoms with Gasteiger partial charge in [-0.1, -0.05) is 12.1 Å². The Hall–Kier alpha value is -1.55. The first-order chi connectivity index (χ1) is 9.61. The molecule has 1 aliphatic heterocycles. The molecule has 4 heteroatoms. The summed E-state index contributed by atoms with van der Waals surface area (Å²) in [7, 11) is 1.67. The van der Waals surface area contributed by atoms with E-state index in [2.05, 4.69) is 6.07 Å². The molecule has 1 saturated carbocycles. The third-order valence-corrected chi connectivity index (χ3v) is 4.39. The van der Waals surface area contributed by atoms with Gasteiger partial charge in [0.05, 0.1) is 13.2 Å². The van der Waals surface area contributed by atoms with Crippen LogP contribution in [0.3, 0.4) is 0 Å². The summed E-state index contributed by atoms with van der Waals surface area (Å²) in [6, 6.07) is 6.58. The Morgan fingerprint density at radius 2 is 2.05 bits per heavy atom. The van der Waals surface area contributed by atoms with Crippen molar-refractivity contribution in [2.24, 2.45) is 5.73 Å². The van der Waals surface area contributed by atoms with Crippen LogP contribution < -0.4 is 10.5 Å². The maximum absolute atomic E-state index is 12.3. The maximum atomic E-state index is 12.3. The van der Waals surface area contributed by atoms with E-state index in [-0.39, 0.29) is 18.0 Å². The highest BCUT2D eigenvalue weighted by Gasteiger charge is 2.43. The van der Waals surface area contributed by atoms with Gasteiger partial charge in [-0.2, -0.15) is 0 Å². The van der Waals surface area contributed by atoms with Gasteiger partial charge >= 0.3 is 0 Å². The average Bonchev–Trinajstić information content (AvgIpc) is 3.25. The number of aryl methyl sites for hydroxylation is 1. The Balaban J connectivity index is 1.96. The molecular weight excluding hydrogens is 252 g/mol. The van der Waals surface area contributed by atoms with E-state index in [1.807, 2.05) is 24.0 Å². The van der Waals surface area contributed by atoms with Crippen molar-refractivity contribution in [1.82, 2.24) is 4.90 Å².